The molecule has 0 saturated carbocycles. The summed E-state index contributed by atoms with van der Waals surface area (Å²) in [5, 5.41) is 24.6. The molecular formula is C5H7Br2N5O4. The predicted molar refractivity (Wildman–Crippen MR) is 61.6 cm³/mol. The number of hydrogen-bond acceptors (Lipinski definition) is 5. The van der Waals surface area contributed by atoms with Gasteiger partial charge in [0.25, 0.3) is 8.90 Å². The molecule has 2 atom stereocenters. The fourth-order valence-corrected chi connectivity index (χ4v) is 2.32. The van der Waals surface area contributed by atoms with Crippen LogP contribution in [-0.4, -0.2) is 24.8 Å². The fraction of sp³-hybridized carbons (Fsp3) is 1.00. The monoisotopic (exact) mass is 359 g/mol. The van der Waals surface area contributed by atoms with Crippen LogP contribution in [0.4, 0.5) is 0 Å². The Balaban J connectivity index is 5.58. The van der Waals surface area contributed by atoms with Gasteiger partial charge < -0.3 is 0 Å². The van der Waals surface area contributed by atoms with Gasteiger partial charge in [0.05, 0.1) is 0 Å². The van der Waals surface area contributed by atoms with E-state index in [9.17, 15) is 20.2 Å². The Morgan fingerprint density at radius 2 is 1.56 bits per heavy atom. The lowest BCUT2D eigenvalue weighted by molar-refractivity contribution is -0.574. The third-order valence-corrected chi connectivity index (χ3v) is 3.33. The van der Waals surface area contributed by atoms with Crippen LogP contribution >= 0.6 is 31.9 Å². The molecule has 0 heterocycles. The van der Waals surface area contributed by atoms with Crippen molar-refractivity contribution in [2.75, 3.05) is 0 Å². The minimum Gasteiger partial charge on any atom is -0.263 e. The van der Waals surface area contributed by atoms with Gasteiger partial charge in [0.2, 0.25) is 0 Å². The summed E-state index contributed by atoms with van der Waals surface area (Å²) in [6, 6.07) is -1.55. The Hall–Kier alpha value is -0.930. The molecule has 0 aliphatic carbocycles. The van der Waals surface area contributed by atoms with Gasteiger partial charge in [-0.15, -0.1) is 0 Å². The van der Waals surface area contributed by atoms with Crippen LogP contribution in [0.15, 0.2) is 5.11 Å². The van der Waals surface area contributed by atoms with Gasteiger partial charge in [-0.05, 0) is 5.53 Å². The number of halogens is 2. The molecule has 0 spiro atoms. The fourth-order valence-electron chi connectivity index (χ4n) is 0.943. The summed E-state index contributed by atoms with van der Waals surface area (Å²) in [6.45, 7) is 2.16. The number of azide groups is 1. The van der Waals surface area contributed by atoms with E-state index >= 15 is 0 Å². The lowest BCUT2D eigenvalue weighted by atomic mass is 10.0. The molecule has 0 fully saturated rings. The number of nitro groups is 2. The molecule has 0 aromatic heterocycles. The second-order valence-electron chi connectivity index (χ2n) is 3.17. The van der Waals surface area contributed by atoms with Crippen LogP contribution in [0, 0.1) is 20.2 Å². The van der Waals surface area contributed by atoms with Gasteiger partial charge in [-0.25, -0.2) is 0 Å². The number of rotatable bonds is 5. The third-order valence-electron chi connectivity index (χ3n) is 1.88. The summed E-state index contributed by atoms with van der Waals surface area (Å²) in [5.41, 5.74) is 8.30. The molecule has 0 aliphatic heterocycles. The summed E-state index contributed by atoms with van der Waals surface area (Å²) in [7, 11) is 0. The SMILES string of the molecule is CC(Br)(C(N=[N+]=[N-])C(C)(Br)[N+](=O)[O-])[N+](=O)[O-]. The van der Waals surface area contributed by atoms with E-state index in [4.69, 9.17) is 5.53 Å². The van der Waals surface area contributed by atoms with Crippen molar-refractivity contribution in [3.05, 3.63) is 30.7 Å². The van der Waals surface area contributed by atoms with E-state index in [2.05, 4.69) is 41.9 Å². The van der Waals surface area contributed by atoms with E-state index in [-0.39, 0.29) is 0 Å². The molecule has 9 nitrogen and oxygen atoms in total. The Bertz CT molecular complexity index is 338. The summed E-state index contributed by atoms with van der Waals surface area (Å²) >= 11 is 5.44. The average Bonchev–Trinajstić information content (AvgIpc) is 2.12. The summed E-state index contributed by atoms with van der Waals surface area (Å²) in [5.74, 6) is 0. The van der Waals surface area contributed by atoms with Gasteiger partial charge in [0.15, 0.2) is 6.04 Å². The zero-order valence-electron chi connectivity index (χ0n) is 8.20. The molecule has 0 rings (SSSR count). The second kappa shape index (κ2) is 4.93. The van der Waals surface area contributed by atoms with E-state index in [1.54, 1.807) is 0 Å². The Morgan fingerprint density at radius 3 is 1.75 bits per heavy atom. The first-order valence-electron chi connectivity index (χ1n) is 3.79. The van der Waals surface area contributed by atoms with Crippen molar-refractivity contribution in [1.29, 1.82) is 0 Å². The summed E-state index contributed by atoms with van der Waals surface area (Å²) in [6.07, 6.45) is 0. The van der Waals surface area contributed by atoms with E-state index in [1.807, 2.05) is 0 Å². The lowest BCUT2D eigenvalue weighted by Gasteiger charge is -2.26. The van der Waals surface area contributed by atoms with Gasteiger partial charge in [-0.3, -0.25) is 20.2 Å². The summed E-state index contributed by atoms with van der Waals surface area (Å²) < 4.78 is -3.88. The van der Waals surface area contributed by atoms with Crippen LogP contribution in [0.2, 0.25) is 0 Å². The molecule has 0 N–H and O–H groups in total. The smallest absolute Gasteiger partial charge is 0.263 e. The zero-order valence-corrected chi connectivity index (χ0v) is 11.4. The molecule has 0 saturated heterocycles. The van der Waals surface area contributed by atoms with Crippen LogP contribution in [0.3, 0.4) is 0 Å². The zero-order chi connectivity index (χ0) is 13.1. The van der Waals surface area contributed by atoms with Crippen LogP contribution in [0.5, 0.6) is 0 Å². The Morgan fingerprint density at radius 1 is 1.25 bits per heavy atom. The van der Waals surface area contributed by atoms with Crippen LogP contribution in [0.25, 0.3) is 10.4 Å². The van der Waals surface area contributed by atoms with Gasteiger partial charge >= 0.3 is 0 Å². The highest BCUT2D eigenvalue weighted by atomic mass is 79.9. The maximum atomic E-state index is 10.7. The van der Waals surface area contributed by atoms with Crippen molar-refractivity contribution in [2.45, 2.75) is 28.8 Å². The third kappa shape index (κ3) is 2.80. The van der Waals surface area contributed by atoms with E-state index < -0.39 is 24.8 Å². The van der Waals surface area contributed by atoms with Crippen molar-refractivity contribution in [2.24, 2.45) is 5.11 Å². The highest BCUT2D eigenvalue weighted by molar-refractivity contribution is 9.10. The van der Waals surface area contributed by atoms with Gasteiger partial charge in [0.1, 0.15) is 0 Å². The normalized spacial score (nSPS) is 19.8. The second-order valence-corrected chi connectivity index (χ2v) is 6.38. The van der Waals surface area contributed by atoms with Gasteiger partial charge in [-0.2, -0.15) is 0 Å². The average molecular weight is 361 g/mol. The van der Waals surface area contributed by atoms with E-state index in [1.165, 1.54) is 0 Å². The van der Waals surface area contributed by atoms with Crippen LogP contribution in [-0.2, 0) is 0 Å². The number of alkyl halides is 2. The topological polar surface area (TPSA) is 135 Å². The molecule has 0 aromatic carbocycles. The summed E-state index contributed by atoms with van der Waals surface area (Å²) in [4.78, 5) is 22.3. The van der Waals surface area contributed by atoms with Crippen molar-refractivity contribution in [3.63, 3.8) is 0 Å². The molecule has 11 heteroatoms. The highest BCUT2D eigenvalue weighted by Gasteiger charge is 2.58. The first-order valence-corrected chi connectivity index (χ1v) is 5.38. The van der Waals surface area contributed by atoms with E-state index in [0.717, 1.165) is 13.8 Å². The van der Waals surface area contributed by atoms with Gasteiger partial charge in [-0.1, -0.05) is 5.11 Å². The van der Waals surface area contributed by atoms with Crippen molar-refractivity contribution >= 4 is 31.9 Å². The molecule has 16 heavy (non-hydrogen) atoms. The molecule has 90 valence electrons. The first-order chi connectivity index (χ1) is 7.08. The lowest BCUT2D eigenvalue weighted by Crippen LogP contribution is -2.53. The van der Waals surface area contributed by atoms with Crippen molar-refractivity contribution < 1.29 is 9.85 Å². The molecule has 0 aliphatic rings. The predicted octanol–water partition coefficient (Wildman–Crippen LogP) is 2.44. The molecule has 0 amide bonds. The van der Waals surface area contributed by atoms with Crippen molar-refractivity contribution in [1.82, 2.24) is 0 Å². The quantitative estimate of drug-likeness (QED) is 0.141. The van der Waals surface area contributed by atoms with Crippen LogP contribution < -0.4 is 0 Å². The number of hydrogen-bond donors (Lipinski definition) is 0. The largest absolute Gasteiger partial charge is 0.288 e. The maximum absolute atomic E-state index is 10.7. The minimum absolute atomic E-state index is 0.796. The molecular weight excluding hydrogens is 354 g/mol. The highest BCUT2D eigenvalue weighted by Crippen LogP contribution is 2.37. The molecule has 0 radical (unpaired) electrons. The van der Waals surface area contributed by atoms with Gasteiger partial charge in [0, 0.05) is 60.5 Å². The van der Waals surface area contributed by atoms with E-state index in [0.29, 0.717) is 0 Å². The Kier molecular flexibility index (Phi) is 4.65. The Labute approximate surface area is 106 Å². The maximum Gasteiger partial charge on any atom is 0.288 e. The van der Waals surface area contributed by atoms with Crippen LogP contribution in [0.1, 0.15) is 13.8 Å². The van der Waals surface area contributed by atoms with Crippen molar-refractivity contribution in [3.8, 4) is 0 Å². The molecule has 0 bridgehead atoms. The number of nitrogens with zero attached hydrogens (tertiary/aromatic N) is 5. The minimum atomic E-state index is -1.94. The molecule has 2 unspecified atom stereocenters. The first kappa shape index (κ1) is 15.1. The standard InChI is InChI=1S/C5H7Br2N5O4/c1-4(6,11(13)14)3(9-10-8)5(2,7)12(15)16/h3H,1-2H3. The molecule has 0 aromatic rings.